The summed E-state index contributed by atoms with van der Waals surface area (Å²) in [6.45, 7) is 7.84. The number of carbonyl (C=O) groups excluding carboxylic acids is 3. The van der Waals surface area contributed by atoms with Crippen LogP contribution in [0.5, 0.6) is 0 Å². The number of likely N-dealkylation sites (N-methyl/N-ethyl adjacent to an activating group) is 1. The molecule has 2 aromatic carbocycles. The molecular weight excluding hydrogens is 466 g/mol. The Balaban J connectivity index is 2.40. The van der Waals surface area contributed by atoms with Gasteiger partial charge in [0, 0.05) is 25.6 Å². The molecule has 7 nitrogen and oxygen atoms in total. The summed E-state index contributed by atoms with van der Waals surface area (Å²) in [4.78, 5) is 41.3. The number of hydrogen-bond donors (Lipinski definition) is 2. The number of nitrogens with one attached hydrogen (secondary N) is 2. The van der Waals surface area contributed by atoms with Crippen LogP contribution >= 0.6 is 0 Å². The van der Waals surface area contributed by atoms with Crippen molar-refractivity contribution < 1.29 is 19.1 Å². The van der Waals surface area contributed by atoms with E-state index in [-0.39, 0.29) is 12.3 Å². The molecule has 0 saturated heterocycles. The minimum absolute atomic E-state index is 0.227. The summed E-state index contributed by atoms with van der Waals surface area (Å²) in [6, 6.07) is 14.5. The summed E-state index contributed by atoms with van der Waals surface area (Å²) in [7, 11) is 1.56. The molecule has 198 valence electrons. The van der Waals surface area contributed by atoms with Crippen molar-refractivity contribution in [3.05, 3.63) is 71.3 Å². The van der Waals surface area contributed by atoms with Crippen LogP contribution in [0.1, 0.15) is 69.7 Å². The largest absolute Gasteiger partial charge is 0.444 e. The highest BCUT2D eigenvalue weighted by Crippen LogP contribution is 2.25. The van der Waals surface area contributed by atoms with Gasteiger partial charge >= 0.3 is 6.09 Å². The van der Waals surface area contributed by atoms with E-state index >= 15 is 0 Å². The molecule has 2 atom stereocenters. The first kappa shape index (κ1) is 29.4. The second-order valence-electron chi connectivity index (χ2n) is 9.97. The molecule has 0 heterocycles. The van der Waals surface area contributed by atoms with Crippen molar-refractivity contribution in [1.82, 2.24) is 15.5 Å². The van der Waals surface area contributed by atoms with Crippen molar-refractivity contribution in [3.63, 3.8) is 0 Å². The van der Waals surface area contributed by atoms with Crippen LogP contribution in [0.3, 0.4) is 0 Å². The molecule has 0 aromatic heterocycles. The van der Waals surface area contributed by atoms with Crippen molar-refractivity contribution in [2.24, 2.45) is 0 Å². The van der Waals surface area contributed by atoms with Gasteiger partial charge in [-0.3, -0.25) is 9.59 Å². The molecule has 0 radical (unpaired) electrons. The molecule has 7 heteroatoms. The Bertz CT molecular complexity index is 1090. The number of hydrogen-bond acceptors (Lipinski definition) is 4. The maximum Gasteiger partial charge on any atom is 0.408 e. The fourth-order valence-corrected chi connectivity index (χ4v) is 3.95. The van der Waals surface area contributed by atoms with E-state index in [1.807, 2.05) is 30.3 Å². The zero-order chi connectivity index (χ0) is 27.4. The van der Waals surface area contributed by atoms with Crippen molar-refractivity contribution in [2.75, 3.05) is 13.6 Å². The van der Waals surface area contributed by atoms with E-state index in [0.29, 0.717) is 17.7 Å². The third-order valence-corrected chi connectivity index (χ3v) is 5.75. The second kappa shape index (κ2) is 14.1. The van der Waals surface area contributed by atoms with Gasteiger partial charge in [0.2, 0.25) is 11.8 Å². The zero-order valence-corrected chi connectivity index (χ0v) is 22.5. The standard InChI is InChI=1S/C30H39N3O4/c1-7-9-15-20-31-27(34)26(24-19-14-13-18-23(24)8-2)33(6)28(35)25(21-22-16-11-10-12-17-22)32-29(36)37-30(3,4)5/h2,10-14,16-19,25-26H,7,9,15,20-21H2,1,3-6H3,(H,31,34)(H,32,36). The number of nitrogens with zero attached hydrogens (tertiary/aromatic N) is 1. The molecule has 2 rings (SSSR count). The predicted octanol–water partition coefficient (Wildman–Crippen LogP) is 4.61. The fourth-order valence-electron chi connectivity index (χ4n) is 3.95. The van der Waals surface area contributed by atoms with Gasteiger partial charge < -0.3 is 20.3 Å². The summed E-state index contributed by atoms with van der Waals surface area (Å²) in [6.07, 6.45) is 8.09. The number of benzene rings is 2. The Morgan fingerprint density at radius 1 is 1.03 bits per heavy atom. The summed E-state index contributed by atoms with van der Waals surface area (Å²) < 4.78 is 5.41. The van der Waals surface area contributed by atoms with Crippen LogP contribution in [0.25, 0.3) is 0 Å². The summed E-state index contributed by atoms with van der Waals surface area (Å²) >= 11 is 0. The first-order valence-corrected chi connectivity index (χ1v) is 12.7. The quantitative estimate of drug-likeness (QED) is 0.345. The molecule has 2 N–H and O–H groups in total. The van der Waals surface area contributed by atoms with E-state index in [1.165, 1.54) is 4.90 Å². The summed E-state index contributed by atoms with van der Waals surface area (Å²) in [5.74, 6) is 1.86. The number of rotatable bonds is 11. The summed E-state index contributed by atoms with van der Waals surface area (Å²) in [5.41, 5.74) is 1.19. The summed E-state index contributed by atoms with van der Waals surface area (Å²) in [5, 5.41) is 5.66. The van der Waals surface area contributed by atoms with E-state index < -0.39 is 29.7 Å². The van der Waals surface area contributed by atoms with Gasteiger partial charge in [0.25, 0.3) is 0 Å². The lowest BCUT2D eigenvalue weighted by atomic mass is 9.97. The van der Waals surface area contributed by atoms with Gasteiger partial charge in [0.05, 0.1) is 0 Å². The highest BCUT2D eigenvalue weighted by Gasteiger charge is 2.35. The molecular formula is C30H39N3O4. The number of alkyl carbamates (subject to hydrolysis) is 1. The van der Waals surface area contributed by atoms with E-state index in [4.69, 9.17) is 11.2 Å². The number of amides is 3. The van der Waals surface area contributed by atoms with E-state index in [9.17, 15) is 14.4 Å². The van der Waals surface area contributed by atoms with E-state index in [0.717, 1.165) is 24.8 Å². The smallest absolute Gasteiger partial charge is 0.408 e. The lowest BCUT2D eigenvalue weighted by Gasteiger charge is -2.32. The maximum atomic E-state index is 13.9. The van der Waals surface area contributed by atoms with Crippen molar-refractivity contribution >= 4 is 17.9 Å². The molecule has 0 aliphatic carbocycles. The first-order chi connectivity index (χ1) is 17.6. The Hall–Kier alpha value is -3.79. The molecule has 0 aliphatic rings. The van der Waals surface area contributed by atoms with Crippen molar-refractivity contribution in [3.8, 4) is 12.3 Å². The first-order valence-electron chi connectivity index (χ1n) is 12.7. The minimum Gasteiger partial charge on any atom is -0.444 e. The SMILES string of the molecule is C#Cc1ccccc1C(C(=O)NCCCCC)N(C)C(=O)C(Cc1ccccc1)NC(=O)OC(C)(C)C. The lowest BCUT2D eigenvalue weighted by molar-refractivity contribution is -0.140. The molecule has 0 saturated carbocycles. The molecule has 0 fully saturated rings. The van der Waals surface area contributed by atoms with E-state index in [2.05, 4.69) is 23.5 Å². The van der Waals surface area contributed by atoms with Gasteiger partial charge in [-0.15, -0.1) is 6.42 Å². The van der Waals surface area contributed by atoms with Crippen LogP contribution in [0.15, 0.2) is 54.6 Å². The zero-order valence-electron chi connectivity index (χ0n) is 22.5. The number of terminal acetylenes is 1. The Labute approximate surface area is 221 Å². The second-order valence-corrected chi connectivity index (χ2v) is 9.97. The Morgan fingerprint density at radius 3 is 2.30 bits per heavy atom. The number of ether oxygens (including phenoxy) is 1. The van der Waals surface area contributed by atoms with Crippen LogP contribution < -0.4 is 10.6 Å². The highest BCUT2D eigenvalue weighted by atomic mass is 16.6. The van der Waals surface area contributed by atoms with Gasteiger partial charge in [-0.25, -0.2) is 4.79 Å². The molecule has 0 aliphatic heterocycles. The van der Waals surface area contributed by atoms with Crippen molar-refractivity contribution in [2.45, 2.75) is 71.1 Å². The topological polar surface area (TPSA) is 87.7 Å². The van der Waals surface area contributed by atoms with Crippen LogP contribution in [0.2, 0.25) is 0 Å². The molecule has 3 amide bonds. The maximum absolute atomic E-state index is 13.9. The molecule has 2 unspecified atom stereocenters. The van der Waals surface area contributed by atoms with E-state index in [1.54, 1.807) is 52.1 Å². The van der Waals surface area contributed by atoms with Gasteiger partial charge in [0.1, 0.15) is 17.7 Å². The molecule has 2 aromatic rings. The van der Waals surface area contributed by atoms with Crippen molar-refractivity contribution in [1.29, 1.82) is 0 Å². The third-order valence-electron chi connectivity index (χ3n) is 5.75. The Morgan fingerprint density at radius 2 is 1.68 bits per heavy atom. The fraction of sp³-hybridized carbons (Fsp3) is 0.433. The van der Waals surface area contributed by atoms with Gasteiger partial charge in [-0.1, -0.05) is 74.2 Å². The normalized spacial score (nSPS) is 12.5. The molecule has 0 spiro atoms. The monoisotopic (exact) mass is 505 g/mol. The van der Waals surface area contributed by atoms with Gasteiger partial charge in [-0.2, -0.15) is 0 Å². The number of unbranched alkanes of at least 4 members (excludes halogenated alkanes) is 2. The predicted molar refractivity (Wildman–Crippen MR) is 146 cm³/mol. The Kier molecular flexibility index (Phi) is 11.2. The molecule has 0 bridgehead atoms. The average molecular weight is 506 g/mol. The highest BCUT2D eigenvalue weighted by molar-refractivity contribution is 5.92. The van der Waals surface area contributed by atoms with Crippen LogP contribution in [0.4, 0.5) is 4.79 Å². The molecule has 37 heavy (non-hydrogen) atoms. The van der Waals surface area contributed by atoms with Crippen LogP contribution in [-0.4, -0.2) is 48.0 Å². The van der Waals surface area contributed by atoms with Gasteiger partial charge in [0.15, 0.2) is 0 Å². The average Bonchev–Trinajstić information content (AvgIpc) is 2.85. The van der Waals surface area contributed by atoms with Crippen LogP contribution in [-0.2, 0) is 20.7 Å². The van der Waals surface area contributed by atoms with Crippen LogP contribution in [0, 0.1) is 12.3 Å². The lowest BCUT2D eigenvalue weighted by Crippen LogP contribution is -2.52. The minimum atomic E-state index is -0.972. The van der Waals surface area contributed by atoms with Gasteiger partial charge in [-0.05, 0) is 44.4 Å². The third kappa shape index (κ3) is 9.30. The number of carbonyl (C=O) groups is 3.